The SMILES string of the molecule is CN1CCC(N)CC1(C)c1scnc1C(F)(F)F. The van der Waals surface area contributed by atoms with Gasteiger partial charge in [-0.2, -0.15) is 13.2 Å². The van der Waals surface area contributed by atoms with Crippen molar-refractivity contribution in [2.75, 3.05) is 13.6 Å². The van der Waals surface area contributed by atoms with E-state index in [0.717, 1.165) is 17.8 Å². The minimum absolute atomic E-state index is 0.0608. The third-order valence-electron chi connectivity index (χ3n) is 3.66. The van der Waals surface area contributed by atoms with Crippen molar-refractivity contribution < 1.29 is 13.2 Å². The van der Waals surface area contributed by atoms with Crippen molar-refractivity contribution in [2.45, 2.75) is 37.5 Å². The third kappa shape index (κ3) is 2.26. The van der Waals surface area contributed by atoms with Crippen molar-refractivity contribution in [3.8, 4) is 0 Å². The third-order valence-corrected chi connectivity index (χ3v) is 4.74. The van der Waals surface area contributed by atoms with Crippen LogP contribution in [0.3, 0.4) is 0 Å². The monoisotopic (exact) mass is 279 g/mol. The molecule has 2 N–H and O–H groups in total. The summed E-state index contributed by atoms with van der Waals surface area (Å²) in [6.07, 6.45) is -3.07. The highest BCUT2D eigenvalue weighted by Gasteiger charge is 2.46. The minimum atomic E-state index is -4.40. The van der Waals surface area contributed by atoms with E-state index in [1.165, 1.54) is 5.51 Å². The van der Waals surface area contributed by atoms with E-state index >= 15 is 0 Å². The zero-order chi connectivity index (χ0) is 13.6. The molecule has 0 aliphatic carbocycles. The summed E-state index contributed by atoms with van der Waals surface area (Å²) in [5, 5.41) is 0. The van der Waals surface area contributed by atoms with E-state index in [4.69, 9.17) is 5.73 Å². The Morgan fingerprint density at radius 2 is 2.22 bits per heavy atom. The Morgan fingerprint density at radius 1 is 1.56 bits per heavy atom. The highest BCUT2D eigenvalue weighted by Crippen LogP contribution is 2.44. The topological polar surface area (TPSA) is 42.1 Å². The van der Waals surface area contributed by atoms with Gasteiger partial charge < -0.3 is 5.73 Å². The fourth-order valence-corrected chi connectivity index (χ4v) is 3.51. The maximum absolute atomic E-state index is 12.9. The first kappa shape index (κ1) is 13.8. The van der Waals surface area contributed by atoms with Crippen LogP contribution in [0.5, 0.6) is 0 Å². The second-order valence-electron chi connectivity index (χ2n) is 4.98. The first-order valence-electron chi connectivity index (χ1n) is 5.73. The van der Waals surface area contributed by atoms with E-state index in [1.54, 1.807) is 0 Å². The molecule has 0 aromatic carbocycles. The average molecular weight is 279 g/mol. The molecule has 2 unspecified atom stereocenters. The Labute approximate surface area is 108 Å². The standard InChI is InChI=1S/C11H16F3N3S/c1-10(5-7(15)3-4-17(10)2)9-8(11(12,13)14)16-6-18-9/h6-7H,3-5,15H2,1-2H3. The lowest BCUT2D eigenvalue weighted by Gasteiger charge is -2.44. The van der Waals surface area contributed by atoms with Crippen LogP contribution < -0.4 is 5.73 Å². The number of thiazole rings is 1. The maximum Gasteiger partial charge on any atom is 0.434 e. The van der Waals surface area contributed by atoms with Gasteiger partial charge in [0.25, 0.3) is 0 Å². The lowest BCUT2D eigenvalue weighted by Crippen LogP contribution is -2.51. The van der Waals surface area contributed by atoms with Gasteiger partial charge in [0.05, 0.1) is 15.9 Å². The normalized spacial score (nSPS) is 30.7. The van der Waals surface area contributed by atoms with E-state index in [1.807, 2.05) is 18.9 Å². The molecule has 0 amide bonds. The van der Waals surface area contributed by atoms with Crippen LogP contribution in [0.1, 0.15) is 30.3 Å². The van der Waals surface area contributed by atoms with Gasteiger partial charge in [-0.3, -0.25) is 4.90 Å². The van der Waals surface area contributed by atoms with Crippen LogP contribution in [-0.2, 0) is 11.7 Å². The Morgan fingerprint density at radius 3 is 2.83 bits per heavy atom. The summed E-state index contributed by atoms with van der Waals surface area (Å²) in [4.78, 5) is 5.71. The predicted molar refractivity (Wildman–Crippen MR) is 64.3 cm³/mol. The lowest BCUT2D eigenvalue weighted by molar-refractivity contribution is -0.142. The second kappa shape index (κ2) is 4.47. The average Bonchev–Trinajstić information content (AvgIpc) is 2.72. The zero-order valence-electron chi connectivity index (χ0n) is 10.3. The van der Waals surface area contributed by atoms with Crippen LogP contribution in [0.15, 0.2) is 5.51 Å². The molecule has 1 aliphatic rings. The van der Waals surface area contributed by atoms with Gasteiger partial charge in [-0.25, -0.2) is 4.98 Å². The molecule has 1 aromatic rings. The summed E-state index contributed by atoms with van der Waals surface area (Å²) in [5.41, 5.74) is 5.73. The maximum atomic E-state index is 12.9. The molecular formula is C11H16F3N3S. The summed E-state index contributed by atoms with van der Waals surface area (Å²) in [5.74, 6) is 0. The van der Waals surface area contributed by atoms with E-state index in [9.17, 15) is 13.2 Å². The molecular weight excluding hydrogens is 263 g/mol. The molecule has 1 aliphatic heterocycles. The van der Waals surface area contributed by atoms with Gasteiger partial charge in [-0.05, 0) is 26.8 Å². The molecule has 1 aromatic heterocycles. The number of hydrogen-bond acceptors (Lipinski definition) is 4. The van der Waals surface area contributed by atoms with Gasteiger partial charge >= 0.3 is 6.18 Å². The Bertz CT molecular complexity index is 431. The molecule has 3 nitrogen and oxygen atoms in total. The molecule has 102 valence electrons. The van der Waals surface area contributed by atoms with Gasteiger partial charge in [0.2, 0.25) is 0 Å². The molecule has 18 heavy (non-hydrogen) atoms. The molecule has 2 rings (SSSR count). The molecule has 1 fully saturated rings. The van der Waals surface area contributed by atoms with Crippen molar-refractivity contribution in [1.29, 1.82) is 0 Å². The Hall–Kier alpha value is -0.660. The number of aromatic nitrogens is 1. The molecule has 1 saturated heterocycles. The summed E-state index contributed by atoms with van der Waals surface area (Å²) in [7, 11) is 1.84. The Balaban J connectivity index is 2.43. The number of likely N-dealkylation sites (tertiary alicyclic amines) is 1. The van der Waals surface area contributed by atoms with E-state index in [2.05, 4.69) is 4.98 Å². The van der Waals surface area contributed by atoms with Crippen LogP contribution in [-0.4, -0.2) is 29.5 Å². The van der Waals surface area contributed by atoms with Gasteiger partial charge in [-0.15, -0.1) is 11.3 Å². The predicted octanol–water partition coefficient (Wildman–Crippen LogP) is 2.43. The van der Waals surface area contributed by atoms with Crippen molar-refractivity contribution in [3.05, 3.63) is 16.1 Å². The van der Waals surface area contributed by atoms with Gasteiger partial charge in [0.1, 0.15) is 0 Å². The fourth-order valence-electron chi connectivity index (χ4n) is 2.47. The van der Waals surface area contributed by atoms with Crippen molar-refractivity contribution in [2.24, 2.45) is 5.73 Å². The van der Waals surface area contributed by atoms with Crippen LogP contribution in [0, 0.1) is 0 Å². The zero-order valence-corrected chi connectivity index (χ0v) is 11.1. The van der Waals surface area contributed by atoms with Crippen molar-refractivity contribution >= 4 is 11.3 Å². The van der Waals surface area contributed by atoms with Gasteiger partial charge in [-0.1, -0.05) is 0 Å². The summed E-state index contributed by atoms with van der Waals surface area (Å²) < 4.78 is 38.8. The van der Waals surface area contributed by atoms with Gasteiger partial charge in [0.15, 0.2) is 5.69 Å². The van der Waals surface area contributed by atoms with E-state index in [-0.39, 0.29) is 10.9 Å². The first-order chi connectivity index (χ1) is 8.25. The molecule has 7 heteroatoms. The molecule has 2 heterocycles. The van der Waals surface area contributed by atoms with Crippen LogP contribution in [0.25, 0.3) is 0 Å². The van der Waals surface area contributed by atoms with E-state index in [0.29, 0.717) is 13.0 Å². The summed E-state index contributed by atoms with van der Waals surface area (Å²) >= 11 is 1.06. The van der Waals surface area contributed by atoms with Crippen LogP contribution in [0.4, 0.5) is 13.2 Å². The molecule has 2 atom stereocenters. The fraction of sp³-hybridized carbons (Fsp3) is 0.727. The van der Waals surface area contributed by atoms with E-state index < -0.39 is 17.4 Å². The number of nitrogens with zero attached hydrogens (tertiary/aromatic N) is 2. The first-order valence-corrected chi connectivity index (χ1v) is 6.61. The van der Waals surface area contributed by atoms with Crippen LogP contribution in [0.2, 0.25) is 0 Å². The highest BCUT2D eigenvalue weighted by molar-refractivity contribution is 7.09. The lowest BCUT2D eigenvalue weighted by atomic mass is 9.84. The number of nitrogens with two attached hydrogens (primary N) is 1. The molecule has 0 spiro atoms. The van der Waals surface area contributed by atoms with Gasteiger partial charge in [0, 0.05) is 12.6 Å². The largest absolute Gasteiger partial charge is 0.434 e. The van der Waals surface area contributed by atoms with Crippen molar-refractivity contribution in [3.63, 3.8) is 0 Å². The number of piperidine rings is 1. The number of alkyl halides is 3. The molecule has 0 bridgehead atoms. The van der Waals surface area contributed by atoms with Crippen LogP contribution >= 0.6 is 11.3 Å². The smallest absolute Gasteiger partial charge is 0.328 e. The van der Waals surface area contributed by atoms with Crippen molar-refractivity contribution in [1.82, 2.24) is 9.88 Å². The minimum Gasteiger partial charge on any atom is -0.328 e. The second-order valence-corrected chi connectivity index (χ2v) is 5.83. The number of halogens is 3. The summed E-state index contributed by atoms with van der Waals surface area (Å²) in [6, 6.07) is -0.0608. The Kier molecular flexibility index (Phi) is 3.42. The highest BCUT2D eigenvalue weighted by atomic mass is 32.1. The molecule has 0 radical (unpaired) electrons. The number of hydrogen-bond donors (Lipinski definition) is 1. The number of rotatable bonds is 1. The quantitative estimate of drug-likeness (QED) is 0.858. The molecule has 0 saturated carbocycles. The summed E-state index contributed by atoms with van der Waals surface area (Å²) in [6.45, 7) is 2.52.